The minimum atomic E-state index is 0.123. The van der Waals surface area contributed by atoms with E-state index in [1.165, 1.54) is 25.7 Å². The molecule has 0 bridgehead atoms. The Morgan fingerprint density at radius 1 is 1.00 bits per heavy atom. The van der Waals surface area contributed by atoms with Gasteiger partial charge in [0.2, 0.25) is 11.9 Å². The predicted molar refractivity (Wildman–Crippen MR) is 108 cm³/mol. The largest absolute Gasteiger partial charge is 0.368 e. The summed E-state index contributed by atoms with van der Waals surface area (Å²) in [5.74, 6) is 1.49. The van der Waals surface area contributed by atoms with Crippen LogP contribution in [0, 0.1) is 0 Å². The third kappa shape index (κ3) is 4.36. The first-order valence-corrected chi connectivity index (χ1v) is 10.0. The smallest absolute Gasteiger partial charge is 0.232 e. The molecule has 4 rings (SSSR count). The van der Waals surface area contributed by atoms with E-state index in [0.29, 0.717) is 5.95 Å². The zero-order chi connectivity index (χ0) is 18.6. The normalized spacial score (nSPS) is 20.6. The molecule has 0 radical (unpaired) electrons. The van der Waals surface area contributed by atoms with E-state index >= 15 is 0 Å². The van der Waals surface area contributed by atoms with Crippen molar-refractivity contribution in [2.75, 3.05) is 37.2 Å². The topological polar surface area (TPSA) is 83.2 Å². The number of hydrogen-bond acceptors (Lipinski definition) is 7. The van der Waals surface area contributed by atoms with Crippen LogP contribution in [-0.4, -0.2) is 57.0 Å². The van der Waals surface area contributed by atoms with Gasteiger partial charge in [-0.05, 0) is 31.9 Å². The van der Waals surface area contributed by atoms with Crippen LogP contribution in [-0.2, 0) is 0 Å². The van der Waals surface area contributed by atoms with Crippen LogP contribution < -0.4 is 11.1 Å². The third-order valence-corrected chi connectivity index (χ3v) is 5.81. The lowest BCUT2D eigenvalue weighted by atomic mass is 10.1. The summed E-state index contributed by atoms with van der Waals surface area (Å²) in [5, 5.41) is 3.22. The third-order valence-electron chi connectivity index (χ3n) is 5.81. The van der Waals surface area contributed by atoms with E-state index in [9.17, 15) is 0 Å². The molecule has 1 aliphatic heterocycles. The standard InChI is InChI=1S/C20H29N7/c1-15(26-11-13-27(14-12-26)17-9-5-6-10-17)18-23-19(21)25-20(24-18)22-16-7-3-2-4-8-16/h2-4,7-8,15,17H,5-6,9-14H2,1H3,(H3,21,22,23,24,25). The van der Waals surface area contributed by atoms with Crippen molar-refractivity contribution in [2.45, 2.75) is 44.7 Å². The van der Waals surface area contributed by atoms with Gasteiger partial charge in [-0.2, -0.15) is 15.0 Å². The molecule has 2 aromatic rings. The van der Waals surface area contributed by atoms with Gasteiger partial charge in [0.1, 0.15) is 0 Å². The number of nitrogens with zero attached hydrogens (tertiary/aromatic N) is 5. The summed E-state index contributed by atoms with van der Waals surface area (Å²) >= 11 is 0. The lowest BCUT2D eigenvalue weighted by Crippen LogP contribution is -2.50. The van der Waals surface area contributed by atoms with E-state index in [0.717, 1.165) is 43.7 Å². The Balaban J connectivity index is 1.41. The van der Waals surface area contributed by atoms with Crippen molar-refractivity contribution in [3.8, 4) is 0 Å². The molecule has 2 fully saturated rings. The van der Waals surface area contributed by atoms with E-state index in [1.807, 2.05) is 30.3 Å². The summed E-state index contributed by atoms with van der Waals surface area (Å²) in [6.45, 7) is 6.51. The summed E-state index contributed by atoms with van der Waals surface area (Å²) in [5.41, 5.74) is 6.89. The Labute approximate surface area is 161 Å². The number of nitrogens with one attached hydrogen (secondary N) is 1. The second-order valence-electron chi connectivity index (χ2n) is 7.55. The fourth-order valence-electron chi connectivity index (χ4n) is 4.23. The molecular formula is C20H29N7. The average Bonchev–Trinajstić information content (AvgIpc) is 3.23. The van der Waals surface area contributed by atoms with Gasteiger partial charge in [0, 0.05) is 37.9 Å². The zero-order valence-corrected chi connectivity index (χ0v) is 16.0. The maximum absolute atomic E-state index is 5.96. The second-order valence-corrected chi connectivity index (χ2v) is 7.55. The van der Waals surface area contributed by atoms with Crippen LogP contribution in [0.5, 0.6) is 0 Å². The van der Waals surface area contributed by atoms with Crippen molar-refractivity contribution in [1.29, 1.82) is 0 Å². The molecule has 7 nitrogen and oxygen atoms in total. The minimum Gasteiger partial charge on any atom is -0.368 e. The number of benzene rings is 1. The van der Waals surface area contributed by atoms with Crippen LogP contribution in [0.25, 0.3) is 0 Å². The number of aromatic nitrogens is 3. The van der Waals surface area contributed by atoms with Gasteiger partial charge < -0.3 is 11.1 Å². The van der Waals surface area contributed by atoms with Crippen molar-refractivity contribution in [3.63, 3.8) is 0 Å². The first-order valence-electron chi connectivity index (χ1n) is 10.0. The summed E-state index contributed by atoms with van der Waals surface area (Å²) in [6, 6.07) is 10.8. The molecule has 0 spiro atoms. The zero-order valence-electron chi connectivity index (χ0n) is 16.0. The van der Waals surface area contributed by atoms with Crippen molar-refractivity contribution >= 4 is 17.6 Å². The molecule has 1 saturated heterocycles. The second kappa shape index (κ2) is 8.19. The number of para-hydroxylation sites is 1. The molecule has 2 aliphatic rings. The minimum absolute atomic E-state index is 0.123. The summed E-state index contributed by atoms with van der Waals surface area (Å²) in [7, 11) is 0. The molecule has 1 aliphatic carbocycles. The first-order chi connectivity index (χ1) is 13.2. The molecule has 0 amide bonds. The van der Waals surface area contributed by atoms with E-state index in [2.05, 4.69) is 37.0 Å². The van der Waals surface area contributed by atoms with Crippen LogP contribution in [0.15, 0.2) is 30.3 Å². The van der Waals surface area contributed by atoms with Crippen molar-refractivity contribution in [3.05, 3.63) is 36.2 Å². The fourth-order valence-corrected chi connectivity index (χ4v) is 4.23. The number of hydrogen-bond donors (Lipinski definition) is 2. The number of nitrogens with two attached hydrogens (primary N) is 1. The Bertz CT molecular complexity index is 737. The molecule has 1 atom stereocenters. The van der Waals surface area contributed by atoms with Crippen LogP contribution in [0.1, 0.15) is 44.5 Å². The van der Waals surface area contributed by atoms with Gasteiger partial charge in [-0.1, -0.05) is 31.0 Å². The Kier molecular flexibility index (Phi) is 5.50. The summed E-state index contributed by atoms with van der Waals surface area (Å²) in [4.78, 5) is 18.4. The quantitative estimate of drug-likeness (QED) is 0.841. The van der Waals surface area contributed by atoms with Gasteiger partial charge >= 0.3 is 0 Å². The first kappa shape index (κ1) is 18.1. The van der Waals surface area contributed by atoms with Gasteiger partial charge in [0.25, 0.3) is 0 Å². The monoisotopic (exact) mass is 367 g/mol. The maximum atomic E-state index is 5.96. The van der Waals surface area contributed by atoms with Gasteiger partial charge in [0.15, 0.2) is 5.82 Å². The van der Waals surface area contributed by atoms with E-state index in [1.54, 1.807) is 0 Å². The molecule has 1 aromatic carbocycles. The van der Waals surface area contributed by atoms with Crippen LogP contribution in [0.4, 0.5) is 17.6 Å². The molecule has 1 aromatic heterocycles. The highest BCUT2D eigenvalue weighted by Gasteiger charge is 2.29. The van der Waals surface area contributed by atoms with E-state index in [4.69, 9.17) is 5.73 Å². The fraction of sp³-hybridized carbons (Fsp3) is 0.550. The number of piperazine rings is 1. The molecule has 1 unspecified atom stereocenters. The highest BCUT2D eigenvalue weighted by Crippen LogP contribution is 2.26. The van der Waals surface area contributed by atoms with Crippen LogP contribution in [0.3, 0.4) is 0 Å². The van der Waals surface area contributed by atoms with E-state index < -0.39 is 0 Å². The number of anilines is 3. The number of nitrogen functional groups attached to an aromatic ring is 1. The summed E-state index contributed by atoms with van der Waals surface area (Å²) in [6.07, 6.45) is 5.52. The van der Waals surface area contributed by atoms with Crippen molar-refractivity contribution in [2.24, 2.45) is 0 Å². The summed E-state index contributed by atoms with van der Waals surface area (Å²) < 4.78 is 0. The lowest BCUT2D eigenvalue weighted by Gasteiger charge is -2.40. The van der Waals surface area contributed by atoms with Gasteiger partial charge in [-0.3, -0.25) is 9.80 Å². The Morgan fingerprint density at radius 2 is 1.70 bits per heavy atom. The van der Waals surface area contributed by atoms with Gasteiger partial charge in [-0.15, -0.1) is 0 Å². The highest BCUT2D eigenvalue weighted by molar-refractivity contribution is 5.53. The molecule has 3 N–H and O–H groups in total. The van der Waals surface area contributed by atoms with Gasteiger partial charge in [0.05, 0.1) is 6.04 Å². The van der Waals surface area contributed by atoms with Crippen LogP contribution in [0.2, 0.25) is 0 Å². The molecule has 2 heterocycles. The number of rotatable bonds is 5. The maximum Gasteiger partial charge on any atom is 0.232 e. The molecule has 144 valence electrons. The SMILES string of the molecule is CC(c1nc(N)nc(Nc2ccccc2)n1)N1CCN(C2CCCC2)CC1. The average molecular weight is 368 g/mol. The molecule has 27 heavy (non-hydrogen) atoms. The molecule has 7 heteroatoms. The molecular weight excluding hydrogens is 338 g/mol. The Hall–Kier alpha value is -2.25. The van der Waals surface area contributed by atoms with Crippen LogP contribution >= 0.6 is 0 Å². The highest BCUT2D eigenvalue weighted by atomic mass is 15.3. The predicted octanol–water partition coefficient (Wildman–Crippen LogP) is 2.82. The van der Waals surface area contributed by atoms with Gasteiger partial charge in [-0.25, -0.2) is 0 Å². The van der Waals surface area contributed by atoms with Crippen molar-refractivity contribution in [1.82, 2.24) is 24.8 Å². The molecule has 1 saturated carbocycles. The lowest BCUT2D eigenvalue weighted by molar-refractivity contribution is 0.0727. The van der Waals surface area contributed by atoms with Crippen molar-refractivity contribution < 1.29 is 0 Å². The Morgan fingerprint density at radius 3 is 2.41 bits per heavy atom. The van der Waals surface area contributed by atoms with E-state index in [-0.39, 0.29) is 12.0 Å².